The van der Waals surface area contributed by atoms with Crippen molar-refractivity contribution in [1.29, 1.82) is 0 Å². The van der Waals surface area contributed by atoms with Crippen LogP contribution in [-0.2, 0) is 10.7 Å². The molecule has 0 aliphatic rings. The van der Waals surface area contributed by atoms with Crippen molar-refractivity contribution >= 4 is 5.97 Å². The number of alkyl halides is 2. The van der Waals surface area contributed by atoms with Crippen LogP contribution in [0.4, 0.5) is 8.78 Å². The van der Waals surface area contributed by atoms with E-state index in [1.165, 1.54) is 24.3 Å². The van der Waals surface area contributed by atoms with Gasteiger partial charge in [-0.25, -0.2) is 0 Å². The van der Waals surface area contributed by atoms with E-state index < -0.39 is 11.9 Å². The van der Waals surface area contributed by atoms with Crippen LogP contribution in [0.2, 0.25) is 0 Å². The number of nitrogens with one attached hydrogen (secondary N) is 1. The lowest BCUT2D eigenvalue weighted by atomic mass is 10.00. The SMILES string of the molecule is O=C(O)CNCCCC(Oc1cccc(C(F)(F)c2ccccc2)c1)c1ccccc1. The monoisotopic (exact) mass is 425 g/mol. The topological polar surface area (TPSA) is 58.6 Å². The van der Waals surface area contributed by atoms with E-state index in [1.54, 1.807) is 30.3 Å². The largest absolute Gasteiger partial charge is 0.486 e. The minimum atomic E-state index is -3.14. The molecule has 0 aliphatic carbocycles. The summed E-state index contributed by atoms with van der Waals surface area (Å²) < 4.78 is 36.1. The van der Waals surface area contributed by atoms with E-state index in [1.807, 2.05) is 30.3 Å². The molecule has 1 unspecified atom stereocenters. The standard InChI is InChI=1S/C25H25F2NO3/c26-25(27,20-11-5-2-6-12-20)21-13-7-14-22(17-21)31-23(19-9-3-1-4-10-19)15-8-16-28-18-24(29)30/h1-7,9-14,17,23,28H,8,15-16,18H2,(H,29,30). The molecule has 0 heterocycles. The summed E-state index contributed by atoms with van der Waals surface area (Å²) in [7, 11) is 0. The molecular formula is C25H25F2NO3. The van der Waals surface area contributed by atoms with Crippen molar-refractivity contribution in [3.63, 3.8) is 0 Å². The third-order valence-corrected chi connectivity index (χ3v) is 4.88. The van der Waals surface area contributed by atoms with Crippen LogP contribution in [0, 0.1) is 0 Å². The van der Waals surface area contributed by atoms with Crippen molar-refractivity contribution in [2.75, 3.05) is 13.1 Å². The van der Waals surface area contributed by atoms with Crippen LogP contribution in [0.1, 0.15) is 35.6 Å². The van der Waals surface area contributed by atoms with E-state index in [9.17, 15) is 13.6 Å². The average Bonchev–Trinajstić information content (AvgIpc) is 2.79. The molecule has 1 atom stereocenters. The summed E-state index contributed by atoms with van der Waals surface area (Å²) >= 11 is 0. The highest BCUT2D eigenvalue weighted by molar-refractivity contribution is 5.68. The Morgan fingerprint density at radius 3 is 2.26 bits per heavy atom. The molecule has 0 bridgehead atoms. The zero-order chi connectivity index (χ0) is 22.1. The van der Waals surface area contributed by atoms with Crippen LogP contribution in [0.15, 0.2) is 84.9 Å². The summed E-state index contributed by atoms with van der Waals surface area (Å²) in [5.74, 6) is -3.68. The fraction of sp³-hybridized carbons (Fsp3) is 0.240. The summed E-state index contributed by atoms with van der Waals surface area (Å²) in [6.07, 6.45) is 0.941. The number of hydrogen-bond acceptors (Lipinski definition) is 3. The zero-order valence-electron chi connectivity index (χ0n) is 17.0. The Bertz CT molecular complexity index is 965. The van der Waals surface area contributed by atoms with E-state index in [2.05, 4.69) is 5.32 Å². The number of carboxylic acid groups (broad SMARTS) is 1. The van der Waals surface area contributed by atoms with Crippen molar-refractivity contribution in [3.8, 4) is 5.75 Å². The fourth-order valence-corrected chi connectivity index (χ4v) is 3.31. The Hall–Kier alpha value is -3.25. The van der Waals surface area contributed by atoms with Gasteiger partial charge in [0.25, 0.3) is 5.92 Å². The first-order chi connectivity index (χ1) is 15.0. The molecule has 0 aromatic heterocycles. The second kappa shape index (κ2) is 10.7. The molecule has 0 spiro atoms. The summed E-state index contributed by atoms with van der Waals surface area (Å²) in [5.41, 5.74) is 0.725. The van der Waals surface area contributed by atoms with Crippen molar-refractivity contribution in [2.24, 2.45) is 0 Å². The molecular weight excluding hydrogens is 400 g/mol. The molecule has 31 heavy (non-hydrogen) atoms. The predicted octanol–water partition coefficient (Wildman–Crippen LogP) is 5.40. The summed E-state index contributed by atoms with van der Waals surface area (Å²) in [6, 6.07) is 23.3. The highest BCUT2D eigenvalue weighted by Crippen LogP contribution is 2.37. The van der Waals surface area contributed by atoms with Gasteiger partial charge >= 0.3 is 5.97 Å². The van der Waals surface area contributed by atoms with E-state index in [-0.39, 0.29) is 23.8 Å². The van der Waals surface area contributed by atoms with E-state index in [4.69, 9.17) is 9.84 Å². The van der Waals surface area contributed by atoms with Crippen LogP contribution in [0.5, 0.6) is 5.75 Å². The molecule has 4 nitrogen and oxygen atoms in total. The maximum Gasteiger partial charge on any atom is 0.317 e. The highest BCUT2D eigenvalue weighted by Gasteiger charge is 2.34. The smallest absolute Gasteiger partial charge is 0.317 e. The highest BCUT2D eigenvalue weighted by atomic mass is 19.3. The number of ether oxygens (including phenoxy) is 1. The number of carbonyl (C=O) groups is 1. The first-order valence-electron chi connectivity index (χ1n) is 10.1. The van der Waals surface area contributed by atoms with Crippen molar-refractivity contribution in [1.82, 2.24) is 5.32 Å². The van der Waals surface area contributed by atoms with Gasteiger partial charge in [-0.1, -0.05) is 72.8 Å². The molecule has 0 aliphatic heterocycles. The molecule has 6 heteroatoms. The van der Waals surface area contributed by atoms with Gasteiger partial charge in [-0.2, -0.15) is 8.78 Å². The average molecular weight is 425 g/mol. The maximum atomic E-state index is 15.0. The predicted molar refractivity (Wildman–Crippen MR) is 115 cm³/mol. The van der Waals surface area contributed by atoms with Gasteiger partial charge in [-0.05, 0) is 37.1 Å². The van der Waals surface area contributed by atoms with Gasteiger partial charge in [-0.3, -0.25) is 4.79 Å². The summed E-state index contributed by atoms with van der Waals surface area (Å²) in [6.45, 7) is 0.415. The van der Waals surface area contributed by atoms with Crippen LogP contribution in [0.3, 0.4) is 0 Å². The number of aliphatic carboxylic acids is 1. The zero-order valence-corrected chi connectivity index (χ0v) is 17.0. The first-order valence-corrected chi connectivity index (χ1v) is 10.1. The molecule has 3 aromatic rings. The van der Waals surface area contributed by atoms with E-state index >= 15 is 0 Å². The van der Waals surface area contributed by atoms with Crippen LogP contribution in [0.25, 0.3) is 0 Å². The van der Waals surface area contributed by atoms with E-state index in [0.717, 1.165) is 5.56 Å². The lowest BCUT2D eigenvalue weighted by molar-refractivity contribution is -0.135. The van der Waals surface area contributed by atoms with Crippen LogP contribution in [-0.4, -0.2) is 24.2 Å². The number of halogens is 2. The minimum absolute atomic E-state index is 0.0729. The van der Waals surface area contributed by atoms with Gasteiger partial charge in [0, 0.05) is 11.1 Å². The molecule has 0 radical (unpaired) electrons. The quantitative estimate of drug-likeness (QED) is 0.404. The Kier molecular flexibility index (Phi) is 7.73. The second-order valence-corrected chi connectivity index (χ2v) is 7.20. The van der Waals surface area contributed by atoms with Gasteiger partial charge in [0.1, 0.15) is 11.9 Å². The number of carboxylic acids is 1. The Morgan fingerprint density at radius 1 is 0.935 bits per heavy atom. The lowest BCUT2D eigenvalue weighted by Gasteiger charge is -2.22. The van der Waals surface area contributed by atoms with Crippen LogP contribution < -0.4 is 10.1 Å². The number of rotatable bonds is 11. The van der Waals surface area contributed by atoms with Crippen molar-refractivity contribution in [2.45, 2.75) is 24.9 Å². The van der Waals surface area contributed by atoms with E-state index in [0.29, 0.717) is 25.1 Å². The molecule has 3 rings (SSSR count). The van der Waals surface area contributed by atoms with Gasteiger partial charge in [-0.15, -0.1) is 0 Å². The van der Waals surface area contributed by atoms with Gasteiger partial charge in [0.05, 0.1) is 6.54 Å². The molecule has 0 saturated carbocycles. The number of benzene rings is 3. The first kappa shape index (κ1) is 22.4. The van der Waals surface area contributed by atoms with Crippen LogP contribution >= 0.6 is 0 Å². The van der Waals surface area contributed by atoms with Crippen molar-refractivity contribution in [3.05, 3.63) is 102 Å². The molecule has 162 valence electrons. The normalized spacial score (nSPS) is 12.3. The maximum absolute atomic E-state index is 15.0. The number of hydrogen-bond donors (Lipinski definition) is 2. The van der Waals surface area contributed by atoms with Gasteiger partial charge in [0.2, 0.25) is 0 Å². The molecule has 0 fully saturated rings. The third-order valence-electron chi connectivity index (χ3n) is 4.88. The van der Waals surface area contributed by atoms with Crippen molar-refractivity contribution < 1.29 is 23.4 Å². The summed E-state index contributed by atoms with van der Waals surface area (Å²) in [5, 5.41) is 11.6. The Balaban J connectivity index is 1.75. The Labute approximate surface area is 180 Å². The molecule has 2 N–H and O–H groups in total. The molecule has 0 amide bonds. The molecule has 3 aromatic carbocycles. The molecule has 0 saturated heterocycles. The second-order valence-electron chi connectivity index (χ2n) is 7.20. The minimum Gasteiger partial charge on any atom is -0.486 e. The Morgan fingerprint density at radius 2 is 1.58 bits per heavy atom. The summed E-state index contributed by atoms with van der Waals surface area (Å²) in [4.78, 5) is 10.6. The lowest BCUT2D eigenvalue weighted by Crippen LogP contribution is -2.24. The third kappa shape index (κ3) is 6.36. The van der Waals surface area contributed by atoms with Gasteiger partial charge < -0.3 is 15.2 Å². The van der Waals surface area contributed by atoms with Gasteiger partial charge in [0.15, 0.2) is 0 Å². The fourth-order valence-electron chi connectivity index (χ4n) is 3.31.